The van der Waals surface area contributed by atoms with Crippen LogP contribution in [0, 0.1) is 5.41 Å². The Bertz CT molecular complexity index is 1120. The van der Waals surface area contributed by atoms with Crippen molar-refractivity contribution in [2.45, 2.75) is 92.7 Å². The number of hydrogen-bond donors (Lipinski definition) is 3. The Kier molecular flexibility index (Phi) is 20.4. The van der Waals surface area contributed by atoms with E-state index in [0.29, 0.717) is 6.42 Å². The molecule has 248 valence electrons. The number of benzene rings is 1. The Labute approximate surface area is 267 Å². The van der Waals surface area contributed by atoms with Gasteiger partial charge in [0.05, 0.1) is 18.9 Å². The summed E-state index contributed by atoms with van der Waals surface area (Å²) in [5, 5.41) is 15.4. The molecule has 1 aromatic carbocycles. The summed E-state index contributed by atoms with van der Waals surface area (Å²) in [5.41, 5.74) is 0.728. The molecule has 0 saturated carbocycles. The van der Waals surface area contributed by atoms with E-state index >= 15 is 0 Å². The number of rotatable bonds is 14. The van der Waals surface area contributed by atoms with Gasteiger partial charge in [-0.05, 0) is 39.0 Å². The van der Waals surface area contributed by atoms with Crippen molar-refractivity contribution in [2.75, 3.05) is 27.7 Å². The number of aliphatic carboxylic acids is 1. The van der Waals surface area contributed by atoms with Crippen LogP contribution in [0.25, 0.3) is 0 Å². The van der Waals surface area contributed by atoms with Crippen LogP contribution in [-0.4, -0.2) is 67.6 Å². The SMILES string of the molecule is C=C.CC/C(=C\C=C(/C)OC)C(C)(C)C(NC(=O)C(NC)C(C)(C)c1ccccc1)C(=O)N(C)C/C=C(\C)C(=O)O.CCC. The third kappa shape index (κ3) is 12.9. The summed E-state index contributed by atoms with van der Waals surface area (Å²) >= 11 is 0. The number of carboxylic acids is 1. The zero-order chi connectivity index (χ0) is 34.7. The summed E-state index contributed by atoms with van der Waals surface area (Å²) < 4.78 is 5.28. The predicted molar refractivity (Wildman–Crippen MR) is 183 cm³/mol. The molecule has 0 aromatic heterocycles. The van der Waals surface area contributed by atoms with Gasteiger partial charge in [0.2, 0.25) is 11.8 Å². The number of amides is 2. The second-order valence-electron chi connectivity index (χ2n) is 11.6. The first-order valence-electron chi connectivity index (χ1n) is 15.2. The largest absolute Gasteiger partial charge is 0.501 e. The topological polar surface area (TPSA) is 108 Å². The summed E-state index contributed by atoms with van der Waals surface area (Å²) in [5.74, 6) is -0.947. The van der Waals surface area contributed by atoms with E-state index in [1.54, 1.807) is 21.2 Å². The number of carboxylic acid groups (broad SMARTS) is 1. The standard InChI is InChI=1S/C31H47N3O5.C3H8.C2H4/c1-11-23(18-17-22(3)39-10)30(4,5)26(28(36)34(9)20-19-21(2)29(37)38)33-27(35)25(32-8)31(6,7)24-15-13-12-14-16-24;1-3-2;1-2/h12-19,25-26,32H,11,20H2,1-10H3,(H,33,35)(H,37,38);3H2,1-2H3;1-2H2/b21-19+,22-17+,23-18+;;. The minimum absolute atomic E-state index is 0.0955. The summed E-state index contributed by atoms with van der Waals surface area (Å²) in [6.45, 7) is 23.5. The van der Waals surface area contributed by atoms with E-state index in [1.165, 1.54) is 24.3 Å². The molecule has 8 heteroatoms. The number of allylic oxidation sites excluding steroid dienone is 3. The van der Waals surface area contributed by atoms with E-state index in [0.717, 1.165) is 16.9 Å². The van der Waals surface area contributed by atoms with Crippen molar-refractivity contribution in [1.29, 1.82) is 0 Å². The number of carbonyl (C=O) groups excluding carboxylic acids is 2. The summed E-state index contributed by atoms with van der Waals surface area (Å²) in [7, 11) is 4.94. The van der Waals surface area contributed by atoms with Crippen LogP contribution in [0.5, 0.6) is 0 Å². The zero-order valence-electron chi connectivity index (χ0n) is 29.3. The first-order chi connectivity index (χ1) is 20.6. The van der Waals surface area contributed by atoms with Crippen molar-refractivity contribution < 1.29 is 24.2 Å². The number of nitrogens with zero attached hydrogens (tertiary/aromatic N) is 1. The van der Waals surface area contributed by atoms with Crippen molar-refractivity contribution >= 4 is 17.8 Å². The molecule has 2 atom stereocenters. The lowest BCUT2D eigenvalue weighted by molar-refractivity contribution is -0.138. The van der Waals surface area contributed by atoms with Crippen LogP contribution in [0.4, 0.5) is 0 Å². The van der Waals surface area contributed by atoms with Gasteiger partial charge in [0, 0.05) is 30.0 Å². The second-order valence-corrected chi connectivity index (χ2v) is 11.6. The summed E-state index contributed by atoms with van der Waals surface area (Å²) in [6, 6.07) is 8.22. The second kappa shape index (κ2) is 21.1. The van der Waals surface area contributed by atoms with Crippen LogP contribution < -0.4 is 10.6 Å². The number of carbonyl (C=O) groups is 3. The highest BCUT2D eigenvalue weighted by Crippen LogP contribution is 2.35. The Hall–Kier alpha value is -3.65. The molecular weight excluding hydrogens is 554 g/mol. The average Bonchev–Trinajstić information content (AvgIpc) is 2.99. The quantitative estimate of drug-likeness (QED) is 0.0938. The van der Waals surface area contributed by atoms with Crippen molar-refractivity contribution in [2.24, 2.45) is 5.41 Å². The van der Waals surface area contributed by atoms with Gasteiger partial charge in [-0.3, -0.25) is 9.59 Å². The van der Waals surface area contributed by atoms with Crippen molar-refractivity contribution in [3.05, 3.63) is 84.2 Å². The van der Waals surface area contributed by atoms with Crippen LogP contribution >= 0.6 is 0 Å². The lowest BCUT2D eigenvalue weighted by atomic mass is 9.74. The molecule has 0 aliphatic heterocycles. The van der Waals surface area contributed by atoms with Gasteiger partial charge < -0.3 is 25.4 Å². The fourth-order valence-electron chi connectivity index (χ4n) is 4.56. The Morgan fingerprint density at radius 2 is 1.52 bits per heavy atom. The molecule has 2 unspecified atom stereocenters. The third-order valence-corrected chi connectivity index (χ3v) is 7.48. The van der Waals surface area contributed by atoms with Crippen LogP contribution in [0.1, 0.15) is 80.7 Å². The monoisotopic (exact) mass is 613 g/mol. The molecule has 0 bridgehead atoms. The maximum Gasteiger partial charge on any atom is 0.331 e. The predicted octanol–water partition coefficient (Wildman–Crippen LogP) is 6.66. The molecule has 0 fully saturated rings. The Morgan fingerprint density at radius 1 is 1.00 bits per heavy atom. The first-order valence-corrected chi connectivity index (χ1v) is 15.2. The maximum absolute atomic E-state index is 13.9. The minimum atomic E-state index is -1.04. The number of likely N-dealkylation sites (N-methyl/N-ethyl adjacent to an activating group) is 2. The van der Waals surface area contributed by atoms with Crippen molar-refractivity contribution in [1.82, 2.24) is 15.5 Å². The number of methoxy groups -OCH3 is 1. The van der Waals surface area contributed by atoms with Gasteiger partial charge in [-0.25, -0.2) is 4.79 Å². The zero-order valence-corrected chi connectivity index (χ0v) is 29.3. The number of hydrogen-bond acceptors (Lipinski definition) is 5. The Balaban J connectivity index is 0. The smallest absolute Gasteiger partial charge is 0.331 e. The molecule has 44 heavy (non-hydrogen) atoms. The summed E-state index contributed by atoms with van der Waals surface area (Å²) in [4.78, 5) is 40.5. The van der Waals surface area contributed by atoms with Crippen molar-refractivity contribution in [3.8, 4) is 0 Å². The molecule has 0 aliphatic rings. The highest BCUT2D eigenvalue weighted by atomic mass is 16.5. The van der Waals surface area contributed by atoms with Gasteiger partial charge in [-0.15, -0.1) is 13.2 Å². The first kappa shape index (κ1) is 42.5. The number of ether oxygens (including phenoxy) is 1. The van der Waals surface area contributed by atoms with Gasteiger partial charge in [0.1, 0.15) is 6.04 Å². The Morgan fingerprint density at radius 3 is 1.95 bits per heavy atom. The highest BCUT2D eigenvalue weighted by molar-refractivity contribution is 5.92. The van der Waals surface area contributed by atoms with Crippen LogP contribution in [-0.2, 0) is 24.5 Å². The molecule has 8 nitrogen and oxygen atoms in total. The van der Waals surface area contributed by atoms with E-state index < -0.39 is 28.9 Å². The van der Waals surface area contributed by atoms with Crippen LogP contribution in [0.3, 0.4) is 0 Å². The lowest BCUT2D eigenvalue weighted by Crippen LogP contribution is -2.61. The van der Waals surface area contributed by atoms with Gasteiger partial charge in [0.25, 0.3) is 0 Å². The van der Waals surface area contributed by atoms with Gasteiger partial charge in [-0.1, -0.05) is 103 Å². The van der Waals surface area contributed by atoms with E-state index in [9.17, 15) is 19.5 Å². The number of nitrogens with one attached hydrogen (secondary N) is 2. The van der Waals surface area contributed by atoms with Crippen LogP contribution in [0.15, 0.2) is 78.6 Å². The fraction of sp³-hybridized carbons (Fsp3) is 0.528. The van der Waals surface area contributed by atoms with Gasteiger partial charge in [0.15, 0.2) is 0 Å². The van der Waals surface area contributed by atoms with Gasteiger partial charge in [-0.2, -0.15) is 0 Å². The van der Waals surface area contributed by atoms with E-state index in [1.807, 2.05) is 84.0 Å². The van der Waals surface area contributed by atoms with Crippen LogP contribution in [0.2, 0.25) is 0 Å². The van der Waals surface area contributed by atoms with E-state index in [-0.39, 0.29) is 23.9 Å². The maximum atomic E-state index is 13.9. The fourth-order valence-corrected chi connectivity index (χ4v) is 4.56. The van der Waals surface area contributed by atoms with E-state index in [2.05, 4.69) is 37.6 Å². The molecule has 1 rings (SSSR count). The molecule has 0 spiro atoms. The van der Waals surface area contributed by atoms with Gasteiger partial charge >= 0.3 is 5.97 Å². The molecular formula is C36H59N3O5. The lowest BCUT2D eigenvalue weighted by Gasteiger charge is -2.40. The highest BCUT2D eigenvalue weighted by Gasteiger charge is 2.43. The van der Waals surface area contributed by atoms with E-state index in [4.69, 9.17) is 4.74 Å². The molecule has 0 radical (unpaired) electrons. The molecule has 3 N–H and O–H groups in total. The molecule has 1 aromatic rings. The molecule has 0 saturated heterocycles. The molecule has 0 aliphatic carbocycles. The third-order valence-electron chi connectivity index (χ3n) is 7.48. The van der Waals surface area contributed by atoms with Crippen molar-refractivity contribution in [3.63, 3.8) is 0 Å². The summed E-state index contributed by atoms with van der Waals surface area (Å²) in [6.07, 6.45) is 7.17. The average molecular weight is 614 g/mol. The normalized spacial score (nSPS) is 13.7. The molecule has 2 amide bonds. The molecule has 0 heterocycles. The minimum Gasteiger partial charge on any atom is -0.501 e.